The number of aliphatic hydroxyl groups excluding tert-OH is 1. The molecule has 0 aliphatic carbocycles. The number of aromatic hydroxyl groups is 2. The highest BCUT2D eigenvalue weighted by molar-refractivity contribution is 5.96. The number of rotatable bonds is 4. The fourth-order valence-electron chi connectivity index (χ4n) is 4.75. The Morgan fingerprint density at radius 2 is 1.23 bits per heavy atom. The Kier molecular flexibility index (Phi) is 7.61. The summed E-state index contributed by atoms with van der Waals surface area (Å²) in [5.74, 6) is 0.231. The van der Waals surface area contributed by atoms with Gasteiger partial charge in [-0.15, -0.1) is 0 Å². The molecule has 0 radical (unpaired) electrons. The molecule has 0 fully saturated rings. The lowest BCUT2D eigenvalue weighted by Gasteiger charge is -2.36. The predicted molar refractivity (Wildman–Crippen MR) is 138 cm³/mol. The number of hydrogen-bond acceptors (Lipinski definition) is 5. The number of hydrogen-bond donors (Lipinski definition) is 3. The average Bonchev–Trinajstić information content (AvgIpc) is 3.10. The van der Waals surface area contributed by atoms with E-state index in [0.29, 0.717) is 16.7 Å². The van der Waals surface area contributed by atoms with Crippen LogP contribution in [0.5, 0.6) is 11.5 Å². The smallest absolute Gasteiger partial charge is 0.340 e. The van der Waals surface area contributed by atoms with E-state index >= 15 is 0 Å². The van der Waals surface area contributed by atoms with Gasteiger partial charge in [-0.05, 0) is 85.2 Å². The molecule has 5 nitrogen and oxygen atoms in total. The summed E-state index contributed by atoms with van der Waals surface area (Å²) >= 11 is 0. The Labute approximate surface area is 208 Å². The normalized spacial score (nSPS) is 13.9. The minimum Gasteiger partial charge on any atom is -0.508 e. The Bertz CT molecular complexity index is 1180. The zero-order chi connectivity index (χ0) is 26.1. The summed E-state index contributed by atoms with van der Waals surface area (Å²) in [5.41, 5.74) is 5.08. The fourth-order valence-corrected chi connectivity index (χ4v) is 4.75. The van der Waals surface area contributed by atoms with Crippen molar-refractivity contribution in [3.05, 3.63) is 93.0 Å². The van der Waals surface area contributed by atoms with Gasteiger partial charge in [0.1, 0.15) is 11.5 Å². The number of phenols is 2. The monoisotopic (exact) mass is 476 g/mol. The summed E-state index contributed by atoms with van der Waals surface area (Å²) in [4.78, 5) is 13.2. The van der Waals surface area contributed by atoms with Crippen LogP contribution in [0.3, 0.4) is 0 Å². The summed E-state index contributed by atoms with van der Waals surface area (Å²) in [5, 5.41) is 28.6. The lowest BCUT2D eigenvalue weighted by atomic mass is 9.72. The van der Waals surface area contributed by atoms with Crippen molar-refractivity contribution >= 4 is 5.97 Å². The van der Waals surface area contributed by atoms with Crippen LogP contribution in [0.2, 0.25) is 0 Å². The molecule has 0 amide bonds. The average molecular weight is 477 g/mol. The zero-order valence-corrected chi connectivity index (χ0v) is 21.6. The van der Waals surface area contributed by atoms with E-state index in [2.05, 4.69) is 27.7 Å². The second-order valence-electron chi connectivity index (χ2n) is 9.69. The van der Waals surface area contributed by atoms with Gasteiger partial charge in [-0.25, -0.2) is 4.79 Å². The highest BCUT2D eigenvalue weighted by Gasteiger charge is 2.51. The van der Waals surface area contributed by atoms with Crippen LogP contribution in [0.1, 0.15) is 95.8 Å². The highest BCUT2D eigenvalue weighted by Crippen LogP contribution is 2.52. The van der Waals surface area contributed by atoms with Crippen molar-refractivity contribution in [1.82, 2.24) is 0 Å². The Hall–Kier alpha value is -3.31. The Morgan fingerprint density at radius 1 is 0.800 bits per heavy atom. The molecule has 0 aromatic heterocycles. The molecule has 5 heteroatoms. The second-order valence-corrected chi connectivity index (χ2v) is 9.69. The Morgan fingerprint density at radius 3 is 1.66 bits per heavy atom. The van der Waals surface area contributed by atoms with Gasteiger partial charge in [0.2, 0.25) is 0 Å². The number of aryl methyl sites for hydroxylation is 2. The molecule has 4 rings (SSSR count). The second kappa shape index (κ2) is 10.1. The number of cyclic esters (lactones) is 1. The first-order chi connectivity index (χ1) is 16.5. The van der Waals surface area contributed by atoms with Gasteiger partial charge >= 0.3 is 5.97 Å². The number of carbonyl (C=O) groups excluding carboxylic acids is 1. The molecule has 0 spiro atoms. The third kappa shape index (κ3) is 4.53. The van der Waals surface area contributed by atoms with Gasteiger partial charge in [0.15, 0.2) is 5.60 Å². The molecule has 3 aromatic carbocycles. The molecule has 1 aliphatic rings. The van der Waals surface area contributed by atoms with E-state index in [-0.39, 0.29) is 35.9 Å². The van der Waals surface area contributed by atoms with Crippen LogP contribution in [-0.2, 0) is 10.3 Å². The third-order valence-electron chi connectivity index (χ3n) is 6.51. The first-order valence-electron chi connectivity index (χ1n) is 12.1. The van der Waals surface area contributed by atoms with Gasteiger partial charge in [-0.1, -0.05) is 45.9 Å². The summed E-state index contributed by atoms with van der Waals surface area (Å²) < 4.78 is 6.36. The lowest BCUT2D eigenvalue weighted by molar-refractivity contribution is 0.0244. The van der Waals surface area contributed by atoms with Gasteiger partial charge in [-0.2, -0.15) is 0 Å². The van der Waals surface area contributed by atoms with Crippen molar-refractivity contribution in [3.63, 3.8) is 0 Å². The molecule has 186 valence electrons. The molecule has 1 heterocycles. The van der Waals surface area contributed by atoms with Gasteiger partial charge in [0.05, 0.1) is 5.56 Å². The molecular formula is C30H36O5. The van der Waals surface area contributed by atoms with Crippen LogP contribution in [0.25, 0.3) is 0 Å². The van der Waals surface area contributed by atoms with E-state index in [0.717, 1.165) is 27.8 Å². The predicted octanol–water partition coefficient (Wildman–Crippen LogP) is 6.42. The van der Waals surface area contributed by atoms with Crippen molar-refractivity contribution in [3.8, 4) is 11.5 Å². The summed E-state index contributed by atoms with van der Waals surface area (Å²) in [6, 6.07) is 14.9. The number of phenolic OH excluding ortho intramolecular Hbond substituents is 2. The maximum atomic E-state index is 13.2. The minimum absolute atomic E-state index is 0.0838. The number of esters is 1. The first kappa shape index (κ1) is 26.3. The molecule has 0 atom stereocenters. The topological polar surface area (TPSA) is 87.0 Å². The van der Waals surface area contributed by atoms with E-state index in [4.69, 9.17) is 9.84 Å². The van der Waals surface area contributed by atoms with Crippen molar-refractivity contribution in [2.75, 3.05) is 6.61 Å². The fraction of sp³-hybridized carbons (Fsp3) is 0.367. The maximum Gasteiger partial charge on any atom is 0.340 e. The SMILES string of the molecule is CCO.Cc1cc(C2(c3cc(C)c(O)cc3C(C)C)OC(=O)c3ccccc32)c(C(C)C)cc1O. The molecule has 3 aromatic rings. The lowest BCUT2D eigenvalue weighted by Crippen LogP contribution is -2.33. The van der Waals surface area contributed by atoms with Crippen molar-refractivity contribution in [2.45, 2.75) is 65.9 Å². The number of aliphatic hydroxyl groups is 1. The van der Waals surface area contributed by atoms with Gasteiger partial charge in [0, 0.05) is 23.3 Å². The molecule has 0 saturated heterocycles. The van der Waals surface area contributed by atoms with Crippen LogP contribution in [-0.4, -0.2) is 27.9 Å². The van der Waals surface area contributed by atoms with Gasteiger partial charge in [-0.3, -0.25) is 0 Å². The standard InChI is InChI=1S/C28H30O4.C2H6O/c1-15(2)20-13-25(29)17(5)11-23(20)28(22-10-8-7-9-19(22)27(31)32-28)24-12-18(6)26(30)14-21(24)16(3)4;1-2-3/h7-16,29-30H,1-6H3;3H,2H2,1H3. The molecular weight excluding hydrogens is 440 g/mol. The summed E-state index contributed by atoms with van der Waals surface area (Å²) in [7, 11) is 0. The van der Waals surface area contributed by atoms with Gasteiger partial charge in [0.25, 0.3) is 0 Å². The molecule has 35 heavy (non-hydrogen) atoms. The van der Waals surface area contributed by atoms with Crippen LogP contribution in [0.15, 0.2) is 48.5 Å². The number of benzene rings is 3. The van der Waals surface area contributed by atoms with Crippen LogP contribution >= 0.6 is 0 Å². The summed E-state index contributed by atoms with van der Waals surface area (Å²) in [6.45, 7) is 13.9. The van der Waals surface area contributed by atoms with E-state index in [9.17, 15) is 15.0 Å². The number of carbonyl (C=O) groups is 1. The first-order valence-corrected chi connectivity index (χ1v) is 12.1. The van der Waals surface area contributed by atoms with E-state index in [1.807, 2.05) is 44.2 Å². The maximum absolute atomic E-state index is 13.2. The van der Waals surface area contributed by atoms with E-state index < -0.39 is 5.60 Å². The highest BCUT2D eigenvalue weighted by atomic mass is 16.6. The van der Waals surface area contributed by atoms with Crippen LogP contribution in [0, 0.1) is 13.8 Å². The van der Waals surface area contributed by atoms with Crippen LogP contribution < -0.4 is 0 Å². The molecule has 0 saturated carbocycles. The van der Waals surface area contributed by atoms with E-state index in [1.54, 1.807) is 25.1 Å². The molecule has 0 bridgehead atoms. The van der Waals surface area contributed by atoms with Crippen LogP contribution in [0.4, 0.5) is 0 Å². The van der Waals surface area contributed by atoms with Crippen molar-refractivity contribution < 1.29 is 24.9 Å². The minimum atomic E-state index is -1.18. The summed E-state index contributed by atoms with van der Waals surface area (Å²) in [6.07, 6.45) is 0. The number of fused-ring (bicyclic) bond motifs is 1. The van der Waals surface area contributed by atoms with Gasteiger partial charge < -0.3 is 20.1 Å². The Balaban J connectivity index is 0.00000108. The van der Waals surface area contributed by atoms with Crippen molar-refractivity contribution in [2.24, 2.45) is 0 Å². The van der Waals surface area contributed by atoms with Crippen molar-refractivity contribution in [1.29, 1.82) is 0 Å². The number of ether oxygens (including phenoxy) is 1. The third-order valence-corrected chi connectivity index (χ3v) is 6.51. The largest absolute Gasteiger partial charge is 0.508 e. The molecule has 3 N–H and O–H groups in total. The molecule has 0 unspecified atom stereocenters. The molecule has 1 aliphatic heterocycles. The van der Waals surface area contributed by atoms with E-state index in [1.165, 1.54) is 0 Å². The quantitative estimate of drug-likeness (QED) is 0.378. The zero-order valence-electron chi connectivity index (χ0n) is 21.6.